The van der Waals surface area contributed by atoms with Crippen molar-refractivity contribution < 1.29 is 35.3 Å². The van der Waals surface area contributed by atoms with Crippen molar-refractivity contribution in [2.45, 2.75) is 57.9 Å². The predicted molar refractivity (Wildman–Crippen MR) is 73.1 cm³/mol. The maximum atomic E-state index is 13.1. The molecular weight excluding hydrogens is 339 g/mol. The number of alkyl halides is 3. The molecule has 0 amide bonds. The van der Waals surface area contributed by atoms with Gasteiger partial charge in [0, 0.05) is 0 Å². The van der Waals surface area contributed by atoms with Crippen LogP contribution in [-0.4, -0.2) is 32.8 Å². The molecule has 5 atom stereocenters. The molecule has 0 aliphatic heterocycles. The largest absolute Gasteiger partial charge is 0.459 e. The van der Waals surface area contributed by atoms with Crippen molar-refractivity contribution >= 4 is 16.3 Å². The van der Waals surface area contributed by atoms with Gasteiger partial charge in [0.2, 0.25) is 0 Å². The van der Waals surface area contributed by atoms with Crippen LogP contribution in [0.15, 0.2) is 0 Å². The van der Waals surface area contributed by atoms with E-state index in [2.05, 4.69) is 0 Å². The van der Waals surface area contributed by atoms with Crippen LogP contribution in [0.5, 0.6) is 0 Å². The van der Waals surface area contributed by atoms with Crippen molar-refractivity contribution in [1.82, 2.24) is 0 Å². The molecule has 5 unspecified atom stereocenters. The lowest BCUT2D eigenvalue weighted by molar-refractivity contribution is -0.236. The van der Waals surface area contributed by atoms with Gasteiger partial charge in [-0.2, -0.15) is 21.6 Å². The molecule has 134 valence electrons. The molecule has 0 spiro atoms. The summed E-state index contributed by atoms with van der Waals surface area (Å²) in [5, 5.41) is 4.85. The number of carbonyl (C=O) groups excluding carboxylic acids is 1. The van der Waals surface area contributed by atoms with Crippen LogP contribution in [0.3, 0.4) is 0 Å². The first-order chi connectivity index (χ1) is 10.4. The second-order valence-corrected chi connectivity index (χ2v) is 7.62. The smallest absolute Gasteiger partial charge is 0.404 e. The Kier molecular flexibility index (Phi) is 4.73. The lowest BCUT2D eigenvalue weighted by atomic mass is 9.86. The summed E-state index contributed by atoms with van der Waals surface area (Å²) < 4.78 is 71.5. The highest BCUT2D eigenvalue weighted by atomic mass is 32.2. The number of fused-ring (bicyclic) bond motifs is 2. The van der Waals surface area contributed by atoms with Crippen molar-refractivity contribution in [3.05, 3.63) is 0 Å². The van der Waals surface area contributed by atoms with Crippen molar-refractivity contribution in [1.29, 1.82) is 0 Å². The van der Waals surface area contributed by atoms with Crippen LogP contribution in [-0.2, 0) is 24.0 Å². The fourth-order valence-corrected chi connectivity index (χ4v) is 3.93. The number of hydrogen-bond acceptors (Lipinski definition) is 5. The Morgan fingerprint density at radius 2 is 1.74 bits per heavy atom. The first-order valence-corrected chi connectivity index (χ1v) is 8.85. The van der Waals surface area contributed by atoms with E-state index in [0.717, 1.165) is 6.92 Å². The molecule has 6 nitrogen and oxygen atoms in total. The van der Waals surface area contributed by atoms with E-state index in [1.54, 1.807) is 0 Å². The number of esters is 1. The Bertz CT molecular complexity index is 579. The van der Waals surface area contributed by atoms with Crippen molar-refractivity contribution in [3.8, 4) is 0 Å². The van der Waals surface area contributed by atoms with Crippen LogP contribution < -0.4 is 5.14 Å². The number of hydrogen-bond donors (Lipinski definition) is 1. The Labute approximate surface area is 132 Å². The van der Waals surface area contributed by atoms with Crippen LogP contribution in [0.4, 0.5) is 13.2 Å². The summed E-state index contributed by atoms with van der Waals surface area (Å²) in [4.78, 5) is 12.1. The second-order valence-electron chi connectivity index (χ2n) is 6.44. The molecule has 0 aromatic rings. The maximum Gasteiger partial charge on any atom is 0.404 e. The lowest BCUT2D eigenvalue weighted by Gasteiger charge is -2.34. The molecule has 10 heteroatoms. The van der Waals surface area contributed by atoms with E-state index in [0.29, 0.717) is 19.3 Å². The van der Waals surface area contributed by atoms with Gasteiger partial charge in [-0.05, 0) is 44.4 Å². The summed E-state index contributed by atoms with van der Waals surface area (Å²) in [6, 6.07) is 0. The van der Waals surface area contributed by atoms with Gasteiger partial charge in [-0.15, -0.1) is 0 Å². The number of carbonyl (C=O) groups is 1. The van der Waals surface area contributed by atoms with Gasteiger partial charge in [-0.1, -0.05) is 6.92 Å². The summed E-state index contributed by atoms with van der Waals surface area (Å²) in [6.45, 7) is 2.02. The highest BCUT2D eigenvalue weighted by molar-refractivity contribution is 7.84. The standard InChI is InChI=1S/C13H20F3NO5S/c1-3-12(2,13(14,15)16)11(18)21-9-7-4-5-8(6-7)10(9)22-23(17,19)20/h7-10H,3-6H2,1-2H3,(H2,17,19,20). The normalized spacial score (nSPS) is 33.5. The van der Waals surface area contributed by atoms with E-state index >= 15 is 0 Å². The third kappa shape index (κ3) is 3.48. The Hall–Kier alpha value is -0.870. The molecule has 0 aromatic heterocycles. The van der Waals surface area contributed by atoms with Crippen molar-refractivity contribution in [2.24, 2.45) is 22.4 Å². The molecule has 2 rings (SSSR count). The predicted octanol–water partition coefficient (Wildman–Crippen LogP) is 1.90. The molecule has 2 saturated carbocycles. The molecule has 2 fully saturated rings. The van der Waals surface area contributed by atoms with E-state index < -0.39 is 46.5 Å². The molecular formula is C13H20F3NO5S. The number of nitrogens with two attached hydrogens (primary N) is 1. The van der Waals surface area contributed by atoms with Crippen LogP contribution >= 0.6 is 0 Å². The summed E-state index contributed by atoms with van der Waals surface area (Å²) >= 11 is 0. The van der Waals surface area contributed by atoms with Crippen molar-refractivity contribution in [3.63, 3.8) is 0 Å². The third-order valence-corrected chi connectivity index (χ3v) is 5.53. The van der Waals surface area contributed by atoms with Gasteiger partial charge >= 0.3 is 22.4 Å². The van der Waals surface area contributed by atoms with Gasteiger partial charge in [-0.3, -0.25) is 8.98 Å². The number of rotatable bonds is 5. The molecule has 23 heavy (non-hydrogen) atoms. The zero-order chi connectivity index (χ0) is 17.6. The Morgan fingerprint density at radius 3 is 2.17 bits per heavy atom. The highest BCUT2D eigenvalue weighted by Gasteiger charge is 2.59. The molecule has 2 aliphatic carbocycles. The average Bonchev–Trinajstić information content (AvgIpc) is 2.97. The number of halogens is 3. The second kappa shape index (κ2) is 5.89. The van der Waals surface area contributed by atoms with E-state index in [4.69, 9.17) is 14.1 Å². The molecule has 0 saturated heterocycles. The van der Waals surface area contributed by atoms with E-state index in [9.17, 15) is 26.4 Å². The van der Waals surface area contributed by atoms with Gasteiger partial charge in [0.05, 0.1) is 0 Å². The SMILES string of the molecule is CCC(C)(C(=O)OC1C2CCC(C2)C1OS(N)(=O)=O)C(F)(F)F. The van der Waals surface area contributed by atoms with Gasteiger partial charge in [0.25, 0.3) is 0 Å². The molecule has 0 aromatic carbocycles. The van der Waals surface area contributed by atoms with Crippen molar-refractivity contribution in [2.75, 3.05) is 0 Å². The van der Waals surface area contributed by atoms with Gasteiger partial charge < -0.3 is 4.74 Å². The van der Waals surface area contributed by atoms with Crippen LogP contribution in [0.25, 0.3) is 0 Å². The molecule has 0 radical (unpaired) electrons. The minimum atomic E-state index is -4.76. The fourth-order valence-electron chi connectivity index (χ4n) is 3.35. The first-order valence-electron chi connectivity index (χ1n) is 7.38. The van der Waals surface area contributed by atoms with Crippen LogP contribution in [0.1, 0.15) is 39.5 Å². The maximum absolute atomic E-state index is 13.1. The summed E-state index contributed by atoms with van der Waals surface area (Å²) in [5.74, 6) is -1.80. The minimum Gasteiger partial charge on any atom is -0.459 e. The Balaban J connectivity index is 2.18. The first kappa shape index (κ1) is 18.5. The molecule has 2 bridgehead atoms. The van der Waals surface area contributed by atoms with E-state index in [1.807, 2.05) is 0 Å². The minimum absolute atomic E-state index is 0.185. The monoisotopic (exact) mass is 359 g/mol. The van der Waals surface area contributed by atoms with Gasteiger partial charge in [0.1, 0.15) is 12.2 Å². The molecule has 2 aliphatic rings. The third-order valence-electron chi connectivity index (χ3n) is 5.04. The van der Waals surface area contributed by atoms with Crippen LogP contribution in [0.2, 0.25) is 0 Å². The fraction of sp³-hybridized carbons (Fsp3) is 0.923. The van der Waals surface area contributed by atoms with Gasteiger partial charge in [0.15, 0.2) is 5.41 Å². The van der Waals surface area contributed by atoms with E-state index in [-0.39, 0.29) is 11.8 Å². The molecule has 0 heterocycles. The quantitative estimate of drug-likeness (QED) is 0.757. The lowest BCUT2D eigenvalue weighted by Crippen LogP contribution is -2.48. The topological polar surface area (TPSA) is 95.7 Å². The number of ether oxygens (including phenoxy) is 1. The van der Waals surface area contributed by atoms with Crippen LogP contribution in [0, 0.1) is 17.3 Å². The average molecular weight is 359 g/mol. The van der Waals surface area contributed by atoms with Gasteiger partial charge in [-0.25, -0.2) is 5.14 Å². The summed E-state index contributed by atoms with van der Waals surface area (Å²) in [7, 11) is -4.28. The highest BCUT2D eigenvalue weighted by Crippen LogP contribution is 2.49. The zero-order valence-corrected chi connectivity index (χ0v) is 13.6. The van der Waals surface area contributed by atoms with E-state index in [1.165, 1.54) is 6.92 Å². The summed E-state index contributed by atoms with van der Waals surface area (Å²) in [5.41, 5.74) is -2.64. The Morgan fingerprint density at radius 1 is 1.22 bits per heavy atom. The zero-order valence-electron chi connectivity index (χ0n) is 12.8. The molecule has 2 N–H and O–H groups in total. The summed E-state index contributed by atoms with van der Waals surface area (Å²) in [6.07, 6.45) is -5.39.